The van der Waals surface area contributed by atoms with Crippen molar-refractivity contribution < 1.29 is 9.90 Å². The van der Waals surface area contributed by atoms with Crippen molar-refractivity contribution in [2.45, 2.75) is 25.4 Å². The van der Waals surface area contributed by atoms with Crippen molar-refractivity contribution in [1.29, 1.82) is 0 Å². The van der Waals surface area contributed by atoms with Crippen LogP contribution < -0.4 is 5.32 Å². The Kier molecular flexibility index (Phi) is 2.49. The van der Waals surface area contributed by atoms with Crippen molar-refractivity contribution in [3.63, 3.8) is 0 Å². The van der Waals surface area contributed by atoms with Gasteiger partial charge in [0.05, 0.1) is 12.1 Å². The first-order valence-corrected chi connectivity index (χ1v) is 5.27. The lowest BCUT2D eigenvalue weighted by molar-refractivity contribution is -0.130. The molecule has 14 heavy (non-hydrogen) atoms. The summed E-state index contributed by atoms with van der Waals surface area (Å²) in [5.41, 5.74) is -0.573. The van der Waals surface area contributed by atoms with Crippen LogP contribution in [0.2, 0.25) is 0 Å². The van der Waals surface area contributed by atoms with Crippen LogP contribution in [0.3, 0.4) is 0 Å². The van der Waals surface area contributed by atoms with E-state index < -0.39 is 5.60 Å². The Bertz CT molecular complexity index is 228. The van der Waals surface area contributed by atoms with Crippen LogP contribution in [0.4, 0.5) is 0 Å². The van der Waals surface area contributed by atoms with Crippen molar-refractivity contribution in [3.8, 4) is 0 Å². The average molecular weight is 198 g/mol. The number of nitrogens with one attached hydrogen (secondary N) is 1. The third-order valence-electron chi connectivity index (χ3n) is 2.78. The summed E-state index contributed by atoms with van der Waals surface area (Å²) in [6.45, 7) is 4.30. The van der Waals surface area contributed by atoms with Crippen LogP contribution in [0.1, 0.15) is 19.8 Å². The highest BCUT2D eigenvalue weighted by molar-refractivity contribution is 5.78. The first-order chi connectivity index (χ1) is 6.55. The van der Waals surface area contributed by atoms with Gasteiger partial charge in [0.2, 0.25) is 5.91 Å². The Morgan fingerprint density at radius 2 is 2.21 bits per heavy atom. The maximum atomic E-state index is 11.4. The van der Waals surface area contributed by atoms with Gasteiger partial charge in [-0.25, -0.2) is 0 Å². The smallest absolute Gasteiger partial charge is 0.234 e. The average Bonchev–Trinajstić information content (AvgIpc) is 2.80. The Morgan fingerprint density at radius 1 is 1.57 bits per heavy atom. The van der Waals surface area contributed by atoms with E-state index in [4.69, 9.17) is 0 Å². The molecule has 0 unspecified atom stereocenters. The normalized spacial score (nSPS) is 25.6. The second kappa shape index (κ2) is 3.51. The van der Waals surface area contributed by atoms with E-state index in [1.165, 1.54) is 12.8 Å². The third-order valence-corrected chi connectivity index (χ3v) is 2.78. The molecule has 0 aromatic rings. The molecule has 1 heterocycles. The standard InChI is InChI=1S/C10H18N2O2/c1-10(14)6-12(7-10)5-9(13)11-4-8-2-3-8/h8,14H,2-7H2,1H3,(H,11,13). The minimum Gasteiger partial charge on any atom is -0.388 e. The lowest BCUT2D eigenvalue weighted by Gasteiger charge is -2.43. The van der Waals surface area contributed by atoms with E-state index in [0.717, 1.165) is 12.5 Å². The number of hydrogen-bond acceptors (Lipinski definition) is 3. The van der Waals surface area contributed by atoms with Crippen molar-refractivity contribution in [2.75, 3.05) is 26.2 Å². The third kappa shape index (κ3) is 2.69. The van der Waals surface area contributed by atoms with Crippen molar-refractivity contribution in [3.05, 3.63) is 0 Å². The SMILES string of the molecule is CC1(O)CN(CC(=O)NCC2CC2)C1. The molecular weight excluding hydrogens is 180 g/mol. The summed E-state index contributed by atoms with van der Waals surface area (Å²) in [5.74, 6) is 0.825. The van der Waals surface area contributed by atoms with Gasteiger partial charge >= 0.3 is 0 Å². The fraction of sp³-hybridized carbons (Fsp3) is 0.900. The number of hydrogen-bond donors (Lipinski definition) is 2. The van der Waals surface area contributed by atoms with E-state index in [1.54, 1.807) is 6.92 Å². The summed E-state index contributed by atoms with van der Waals surface area (Å²) in [7, 11) is 0. The molecule has 0 aromatic heterocycles. The van der Waals surface area contributed by atoms with Gasteiger partial charge in [-0.1, -0.05) is 0 Å². The Balaban J connectivity index is 1.58. The number of carbonyl (C=O) groups excluding carboxylic acids is 1. The molecule has 1 aliphatic heterocycles. The highest BCUT2D eigenvalue weighted by Crippen LogP contribution is 2.27. The van der Waals surface area contributed by atoms with E-state index in [-0.39, 0.29) is 5.91 Å². The molecule has 1 saturated carbocycles. The van der Waals surface area contributed by atoms with Crippen LogP contribution in [0.15, 0.2) is 0 Å². The summed E-state index contributed by atoms with van der Waals surface area (Å²) in [6, 6.07) is 0. The number of carbonyl (C=O) groups is 1. The molecule has 2 N–H and O–H groups in total. The van der Waals surface area contributed by atoms with E-state index in [9.17, 15) is 9.90 Å². The molecule has 2 aliphatic rings. The largest absolute Gasteiger partial charge is 0.388 e. The molecule has 80 valence electrons. The van der Waals surface area contributed by atoms with Crippen LogP contribution in [0, 0.1) is 5.92 Å². The number of rotatable bonds is 4. The lowest BCUT2D eigenvalue weighted by atomic mass is 9.97. The van der Waals surface area contributed by atoms with Crippen LogP contribution in [0.25, 0.3) is 0 Å². The summed E-state index contributed by atoms with van der Waals surface area (Å²) < 4.78 is 0. The predicted octanol–water partition coefficient (Wildman–Crippen LogP) is -0.421. The number of amides is 1. The fourth-order valence-electron chi connectivity index (χ4n) is 1.87. The molecule has 0 bridgehead atoms. The maximum Gasteiger partial charge on any atom is 0.234 e. The van der Waals surface area contributed by atoms with Crippen LogP contribution in [-0.4, -0.2) is 47.7 Å². The summed E-state index contributed by atoms with van der Waals surface area (Å²) >= 11 is 0. The summed E-state index contributed by atoms with van der Waals surface area (Å²) in [4.78, 5) is 13.3. The summed E-state index contributed by atoms with van der Waals surface area (Å²) in [5, 5.41) is 12.4. The number of likely N-dealkylation sites (tertiary alicyclic amines) is 1. The zero-order valence-corrected chi connectivity index (χ0v) is 8.62. The monoisotopic (exact) mass is 198 g/mol. The highest BCUT2D eigenvalue weighted by Gasteiger charge is 2.37. The molecule has 0 atom stereocenters. The van der Waals surface area contributed by atoms with Crippen LogP contribution in [0.5, 0.6) is 0 Å². The van der Waals surface area contributed by atoms with Gasteiger partial charge in [-0.05, 0) is 25.7 Å². The molecule has 0 spiro atoms. The Hall–Kier alpha value is -0.610. The van der Waals surface area contributed by atoms with Crippen LogP contribution >= 0.6 is 0 Å². The molecule has 1 saturated heterocycles. The van der Waals surface area contributed by atoms with Gasteiger partial charge in [0, 0.05) is 19.6 Å². The second-order valence-corrected chi connectivity index (χ2v) is 4.89. The molecule has 2 rings (SSSR count). The minimum absolute atomic E-state index is 0.0902. The van der Waals surface area contributed by atoms with E-state index in [2.05, 4.69) is 5.32 Å². The summed E-state index contributed by atoms with van der Waals surface area (Å²) in [6.07, 6.45) is 2.53. The van der Waals surface area contributed by atoms with Gasteiger partial charge in [-0.2, -0.15) is 0 Å². The Morgan fingerprint density at radius 3 is 2.71 bits per heavy atom. The van der Waals surface area contributed by atoms with Crippen molar-refractivity contribution in [2.24, 2.45) is 5.92 Å². The van der Waals surface area contributed by atoms with Gasteiger partial charge in [0.25, 0.3) is 0 Å². The Labute approximate surface area is 84.3 Å². The molecule has 0 radical (unpaired) electrons. The van der Waals surface area contributed by atoms with Gasteiger partial charge in [-0.3, -0.25) is 9.69 Å². The van der Waals surface area contributed by atoms with E-state index in [0.29, 0.717) is 19.6 Å². The second-order valence-electron chi connectivity index (χ2n) is 4.89. The molecule has 1 aliphatic carbocycles. The molecule has 0 aromatic carbocycles. The quantitative estimate of drug-likeness (QED) is 0.645. The zero-order chi connectivity index (χ0) is 10.2. The molecule has 4 heteroatoms. The first-order valence-electron chi connectivity index (χ1n) is 5.27. The highest BCUT2D eigenvalue weighted by atomic mass is 16.3. The van der Waals surface area contributed by atoms with Gasteiger partial charge in [0.15, 0.2) is 0 Å². The van der Waals surface area contributed by atoms with E-state index >= 15 is 0 Å². The predicted molar refractivity (Wildman–Crippen MR) is 52.8 cm³/mol. The van der Waals surface area contributed by atoms with Crippen molar-refractivity contribution >= 4 is 5.91 Å². The fourth-order valence-corrected chi connectivity index (χ4v) is 1.87. The molecular formula is C10H18N2O2. The van der Waals surface area contributed by atoms with Crippen molar-refractivity contribution in [1.82, 2.24) is 10.2 Å². The molecule has 4 nitrogen and oxygen atoms in total. The lowest BCUT2D eigenvalue weighted by Crippen LogP contribution is -2.61. The molecule has 2 fully saturated rings. The molecule has 1 amide bonds. The van der Waals surface area contributed by atoms with E-state index in [1.807, 2.05) is 4.90 Å². The maximum absolute atomic E-state index is 11.4. The minimum atomic E-state index is -0.573. The number of aliphatic hydroxyl groups is 1. The van der Waals surface area contributed by atoms with Crippen LogP contribution in [-0.2, 0) is 4.79 Å². The zero-order valence-electron chi connectivity index (χ0n) is 8.62. The first kappa shape index (κ1) is 9.93. The van der Waals surface area contributed by atoms with Gasteiger partial charge in [-0.15, -0.1) is 0 Å². The van der Waals surface area contributed by atoms with Gasteiger partial charge in [0.1, 0.15) is 0 Å². The van der Waals surface area contributed by atoms with Gasteiger partial charge < -0.3 is 10.4 Å². The topological polar surface area (TPSA) is 52.6 Å². The number of nitrogens with zero attached hydrogens (tertiary/aromatic N) is 1. The number of β-amino-alcohol motifs (C(OH)–C–C–N with tert-alkyl or cyclic N) is 1.